The van der Waals surface area contributed by atoms with Crippen LogP contribution in [0.15, 0.2) is 59.8 Å². The van der Waals surface area contributed by atoms with E-state index in [4.69, 9.17) is 10.6 Å². The Labute approximate surface area is 146 Å². The number of nitrogens with two attached hydrogens (primary N) is 1. The molecule has 1 amide bonds. The Morgan fingerprint density at radius 2 is 1.72 bits per heavy atom. The van der Waals surface area contributed by atoms with E-state index < -0.39 is 5.97 Å². The summed E-state index contributed by atoms with van der Waals surface area (Å²) >= 11 is 0. The fraction of sp³-hybridized carbons (Fsp3) is 0.211. The van der Waals surface area contributed by atoms with Gasteiger partial charge in [0, 0.05) is 19.0 Å². The SMILES string of the molecule is CC(=O)Nc1ccc(C/C(N)=N/OC(=O)CCc2ccccc2)cc1. The molecule has 6 nitrogen and oxygen atoms in total. The molecule has 2 aromatic carbocycles. The summed E-state index contributed by atoms with van der Waals surface area (Å²) in [5.74, 6) is -0.343. The second-order valence-corrected chi connectivity index (χ2v) is 5.59. The number of carbonyl (C=O) groups is 2. The number of rotatable bonds is 7. The van der Waals surface area contributed by atoms with E-state index in [0.717, 1.165) is 11.1 Å². The van der Waals surface area contributed by atoms with Crippen LogP contribution in [0.25, 0.3) is 0 Å². The number of benzene rings is 2. The number of amidine groups is 1. The number of anilines is 1. The van der Waals surface area contributed by atoms with Crippen LogP contribution in [-0.4, -0.2) is 17.7 Å². The van der Waals surface area contributed by atoms with Gasteiger partial charge in [0.1, 0.15) is 5.84 Å². The van der Waals surface area contributed by atoms with Crippen molar-refractivity contribution >= 4 is 23.4 Å². The van der Waals surface area contributed by atoms with E-state index >= 15 is 0 Å². The smallest absolute Gasteiger partial charge is 0.335 e. The molecular weight excluding hydrogens is 318 g/mol. The summed E-state index contributed by atoms with van der Waals surface area (Å²) in [5.41, 5.74) is 8.45. The van der Waals surface area contributed by atoms with Crippen molar-refractivity contribution in [3.05, 3.63) is 65.7 Å². The molecule has 0 fully saturated rings. The van der Waals surface area contributed by atoms with Crippen LogP contribution in [0.4, 0.5) is 5.69 Å². The fourth-order valence-corrected chi connectivity index (χ4v) is 2.20. The lowest BCUT2D eigenvalue weighted by atomic mass is 10.1. The number of oxime groups is 1. The number of hydrogen-bond donors (Lipinski definition) is 2. The van der Waals surface area contributed by atoms with Gasteiger partial charge in [-0.15, -0.1) is 0 Å². The summed E-state index contributed by atoms with van der Waals surface area (Å²) in [6, 6.07) is 16.9. The zero-order valence-corrected chi connectivity index (χ0v) is 14.1. The van der Waals surface area contributed by atoms with E-state index in [9.17, 15) is 9.59 Å². The number of nitrogens with zero attached hydrogens (tertiary/aromatic N) is 1. The van der Waals surface area contributed by atoms with Gasteiger partial charge in [-0.3, -0.25) is 4.79 Å². The highest BCUT2D eigenvalue weighted by atomic mass is 16.7. The second-order valence-electron chi connectivity index (χ2n) is 5.59. The van der Waals surface area contributed by atoms with Crippen molar-refractivity contribution in [2.24, 2.45) is 10.9 Å². The normalized spacial score (nSPS) is 11.0. The average molecular weight is 339 g/mol. The van der Waals surface area contributed by atoms with Crippen molar-refractivity contribution in [2.75, 3.05) is 5.32 Å². The maximum absolute atomic E-state index is 11.7. The van der Waals surface area contributed by atoms with Gasteiger partial charge < -0.3 is 15.9 Å². The van der Waals surface area contributed by atoms with Crippen LogP contribution in [0.2, 0.25) is 0 Å². The highest BCUT2D eigenvalue weighted by Crippen LogP contribution is 2.10. The van der Waals surface area contributed by atoms with Gasteiger partial charge in [-0.25, -0.2) is 4.79 Å². The molecule has 0 spiro atoms. The fourth-order valence-electron chi connectivity index (χ4n) is 2.20. The number of hydrogen-bond acceptors (Lipinski definition) is 4. The van der Waals surface area contributed by atoms with E-state index in [0.29, 0.717) is 18.5 Å². The molecule has 0 saturated heterocycles. The predicted molar refractivity (Wildman–Crippen MR) is 96.9 cm³/mol. The van der Waals surface area contributed by atoms with Gasteiger partial charge in [-0.1, -0.05) is 47.6 Å². The third kappa shape index (κ3) is 6.87. The predicted octanol–water partition coefficient (Wildman–Crippen LogP) is 2.64. The van der Waals surface area contributed by atoms with Crippen molar-refractivity contribution in [1.82, 2.24) is 0 Å². The first-order valence-corrected chi connectivity index (χ1v) is 7.95. The van der Waals surface area contributed by atoms with Gasteiger partial charge >= 0.3 is 5.97 Å². The van der Waals surface area contributed by atoms with Crippen molar-refractivity contribution in [3.8, 4) is 0 Å². The maximum Gasteiger partial charge on any atom is 0.335 e. The standard InChI is InChI=1S/C19H21N3O3/c1-14(23)21-17-10-7-16(8-11-17)13-18(20)22-25-19(24)12-9-15-5-3-2-4-6-15/h2-8,10-11H,9,12-13H2,1H3,(H2,20,22)(H,21,23). The number of amides is 1. The summed E-state index contributed by atoms with van der Waals surface area (Å²) in [4.78, 5) is 27.5. The van der Waals surface area contributed by atoms with Crippen LogP contribution in [0.1, 0.15) is 24.5 Å². The third-order valence-electron chi connectivity index (χ3n) is 3.38. The lowest BCUT2D eigenvalue weighted by molar-refractivity contribution is -0.143. The Hall–Kier alpha value is -3.15. The lowest BCUT2D eigenvalue weighted by Crippen LogP contribution is -2.17. The first kappa shape index (κ1) is 18.2. The Morgan fingerprint density at radius 3 is 2.36 bits per heavy atom. The number of carbonyl (C=O) groups excluding carboxylic acids is 2. The molecule has 0 aliphatic rings. The number of aryl methyl sites for hydroxylation is 1. The monoisotopic (exact) mass is 339 g/mol. The van der Waals surface area contributed by atoms with Gasteiger partial charge in [0.05, 0.1) is 6.42 Å². The summed E-state index contributed by atoms with van der Waals surface area (Å²) in [5, 5.41) is 6.36. The van der Waals surface area contributed by atoms with Crippen molar-refractivity contribution in [3.63, 3.8) is 0 Å². The van der Waals surface area contributed by atoms with Crippen LogP contribution in [0.5, 0.6) is 0 Å². The van der Waals surface area contributed by atoms with Gasteiger partial charge in [0.2, 0.25) is 5.91 Å². The first-order chi connectivity index (χ1) is 12.0. The minimum atomic E-state index is -0.423. The van der Waals surface area contributed by atoms with Gasteiger partial charge in [0.25, 0.3) is 0 Å². The van der Waals surface area contributed by atoms with Crippen molar-refractivity contribution in [2.45, 2.75) is 26.2 Å². The summed E-state index contributed by atoms with van der Waals surface area (Å²) < 4.78 is 0. The topological polar surface area (TPSA) is 93.8 Å². The molecule has 0 aliphatic heterocycles. The molecule has 25 heavy (non-hydrogen) atoms. The van der Waals surface area contributed by atoms with Crippen LogP contribution < -0.4 is 11.1 Å². The van der Waals surface area contributed by atoms with Gasteiger partial charge in [0.15, 0.2) is 0 Å². The molecule has 0 heterocycles. The third-order valence-corrected chi connectivity index (χ3v) is 3.38. The molecule has 0 aromatic heterocycles. The highest BCUT2D eigenvalue weighted by molar-refractivity contribution is 5.88. The summed E-state index contributed by atoms with van der Waals surface area (Å²) in [7, 11) is 0. The molecule has 6 heteroatoms. The Kier molecular flexibility index (Phi) is 6.71. The average Bonchev–Trinajstić information content (AvgIpc) is 2.60. The Morgan fingerprint density at radius 1 is 1.04 bits per heavy atom. The van der Waals surface area contributed by atoms with Gasteiger partial charge in [-0.05, 0) is 29.7 Å². The molecule has 0 radical (unpaired) electrons. The van der Waals surface area contributed by atoms with E-state index in [1.54, 1.807) is 12.1 Å². The zero-order valence-electron chi connectivity index (χ0n) is 14.1. The number of nitrogens with one attached hydrogen (secondary N) is 1. The molecular formula is C19H21N3O3. The minimum absolute atomic E-state index is 0.128. The lowest BCUT2D eigenvalue weighted by Gasteiger charge is -2.05. The van der Waals surface area contributed by atoms with Crippen LogP contribution in [0.3, 0.4) is 0 Å². The summed E-state index contributed by atoms with van der Waals surface area (Å²) in [6.07, 6.45) is 1.19. The Bertz CT molecular complexity index is 740. The highest BCUT2D eigenvalue weighted by Gasteiger charge is 2.05. The van der Waals surface area contributed by atoms with Crippen molar-refractivity contribution < 1.29 is 14.4 Å². The molecule has 0 atom stereocenters. The van der Waals surface area contributed by atoms with E-state index in [1.165, 1.54) is 6.92 Å². The van der Waals surface area contributed by atoms with E-state index in [1.807, 2.05) is 42.5 Å². The second kappa shape index (κ2) is 9.22. The zero-order chi connectivity index (χ0) is 18.1. The quantitative estimate of drug-likeness (QED) is 0.351. The van der Waals surface area contributed by atoms with Crippen LogP contribution in [0, 0.1) is 0 Å². The first-order valence-electron chi connectivity index (χ1n) is 7.95. The molecule has 0 aliphatic carbocycles. The Balaban J connectivity index is 1.78. The molecule has 130 valence electrons. The molecule has 3 N–H and O–H groups in total. The molecule has 0 bridgehead atoms. The van der Waals surface area contributed by atoms with Crippen LogP contribution >= 0.6 is 0 Å². The van der Waals surface area contributed by atoms with Gasteiger partial charge in [-0.2, -0.15) is 0 Å². The van der Waals surface area contributed by atoms with E-state index in [2.05, 4.69) is 10.5 Å². The molecule has 2 aromatic rings. The molecule has 0 unspecified atom stereocenters. The van der Waals surface area contributed by atoms with Crippen molar-refractivity contribution in [1.29, 1.82) is 0 Å². The molecule has 2 rings (SSSR count). The maximum atomic E-state index is 11.7. The van der Waals surface area contributed by atoms with E-state index in [-0.39, 0.29) is 18.2 Å². The largest absolute Gasteiger partial charge is 0.384 e. The van der Waals surface area contributed by atoms with Crippen LogP contribution in [-0.2, 0) is 27.3 Å². The summed E-state index contributed by atoms with van der Waals surface area (Å²) in [6.45, 7) is 1.45. The molecule has 0 saturated carbocycles. The minimum Gasteiger partial charge on any atom is -0.384 e.